The minimum Gasteiger partial charge on any atom is -0.401 e. The first-order valence-electron chi connectivity index (χ1n) is 8.76. The first-order valence-corrected chi connectivity index (χ1v) is 11.6. The first kappa shape index (κ1) is 18.1. The zero-order valence-corrected chi connectivity index (χ0v) is 17.2. The zero-order chi connectivity index (χ0) is 17.9. The summed E-state index contributed by atoms with van der Waals surface area (Å²) in [7, 11) is -2.46. The van der Waals surface area contributed by atoms with E-state index in [0.717, 1.165) is 0 Å². The number of benzene rings is 2. The van der Waals surface area contributed by atoms with Crippen LogP contribution < -0.4 is 10.4 Å². The molecule has 1 nitrogen and oxygen atoms in total. The van der Waals surface area contributed by atoms with Crippen LogP contribution in [0.1, 0.15) is 39.4 Å². The van der Waals surface area contributed by atoms with Gasteiger partial charge in [-0.25, -0.2) is 0 Å². The standard InChI is InChI=1S/C22H26OSSi/c1-18(19-15-16-24-17-19)23-25(22(2,3)4,20-11-7-5-8-12-20)21-13-9-6-10-14-21/h5-18H,1-4H3/t18-/m1/s1. The maximum absolute atomic E-state index is 7.06. The van der Waals surface area contributed by atoms with E-state index in [0.29, 0.717) is 0 Å². The Kier molecular flexibility index (Phi) is 5.28. The summed E-state index contributed by atoms with van der Waals surface area (Å²) in [6.07, 6.45) is 0.0672. The second-order valence-electron chi connectivity index (χ2n) is 7.48. The van der Waals surface area contributed by atoms with Crippen LogP contribution in [0, 0.1) is 0 Å². The van der Waals surface area contributed by atoms with E-state index in [1.165, 1.54) is 15.9 Å². The molecule has 0 unspecified atom stereocenters. The minimum atomic E-state index is -2.46. The van der Waals surface area contributed by atoms with Gasteiger partial charge in [0.2, 0.25) is 0 Å². The van der Waals surface area contributed by atoms with Crippen molar-refractivity contribution >= 4 is 30.0 Å². The Morgan fingerprint density at radius 3 is 1.76 bits per heavy atom. The molecule has 2 aromatic carbocycles. The van der Waals surface area contributed by atoms with E-state index in [4.69, 9.17) is 4.43 Å². The summed E-state index contributed by atoms with van der Waals surface area (Å²) in [5.74, 6) is 0. The topological polar surface area (TPSA) is 9.23 Å². The van der Waals surface area contributed by atoms with E-state index < -0.39 is 8.32 Å². The fraction of sp³-hybridized carbons (Fsp3) is 0.273. The molecule has 1 aromatic heterocycles. The molecule has 1 heterocycles. The van der Waals surface area contributed by atoms with Crippen LogP contribution in [0.4, 0.5) is 0 Å². The van der Waals surface area contributed by atoms with Crippen molar-refractivity contribution in [2.24, 2.45) is 0 Å². The van der Waals surface area contributed by atoms with Crippen LogP contribution in [-0.2, 0) is 4.43 Å². The zero-order valence-electron chi connectivity index (χ0n) is 15.4. The van der Waals surface area contributed by atoms with Gasteiger partial charge in [-0.15, -0.1) is 0 Å². The largest absolute Gasteiger partial charge is 0.401 e. The molecular formula is C22H26OSSi. The molecule has 0 saturated heterocycles. The Hall–Kier alpha value is -1.68. The van der Waals surface area contributed by atoms with Crippen LogP contribution in [0.2, 0.25) is 5.04 Å². The quantitative estimate of drug-likeness (QED) is 0.550. The molecule has 0 N–H and O–H groups in total. The van der Waals surface area contributed by atoms with Gasteiger partial charge in [0.15, 0.2) is 0 Å². The fourth-order valence-corrected chi connectivity index (χ4v) is 8.95. The van der Waals surface area contributed by atoms with Gasteiger partial charge in [-0.05, 0) is 44.7 Å². The summed E-state index contributed by atoms with van der Waals surface area (Å²) in [5, 5.41) is 7.00. The number of hydrogen-bond donors (Lipinski definition) is 0. The Morgan fingerprint density at radius 1 is 0.840 bits per heavy atom. The van der Waals surface area contributed by atoms with Crippen LogP contribution in [0.3, 0.4) is 0 Å². The van der Waals surface area contributed by atoms with Gasteiger partial charge in [0.05, 0.1) is 6.10 Å². The third-order valence-electron chi connectivity index (χ3n) is 4.78. The van der Waals surface area contributed by atoms with Crippen LogP contribution in [-0.4, -0.2) is 8.32 Å². The van der Waals surface area contributed by atoms with E-state index in [1.54, 1.807) is 11.3 Å². The van der Waals surface area contributed by atoms with Crippen molar-refractivity contribution in [1.29, 1.82) is 0 Å². The van der Waals surface area contributed by atoms with E-state index in [2.05, 4.69) is 105 Å². The van der Waals surface area contributed by atoms with Crippen LogP contribution in [0.25, 0.3) is 0 Å². The molecule has 3 heteroatoms. The van der Waals surface area contributed by atoms with Gasteiger partial charge >= 0.3 is 0 Å². The molecule has 0 radical (unpaired) electrons. The predicted octanol–water partition coefficient (Wildman–Crippen LogP) is 5.39. The molecule has 0 fully saturated rings. The Balaban J connectivity index is 2.19. The van der Waals surface area contributed by atoms with E-state index >= 15 is 0 Å². The number of hydrogen-bond acceptors (Lipinski definition) is 2. The summed E-state index contributed by atoms with van der Waals surface area (Å²) in [6, 6.07) is 23.8. The van der Waals surface area contributed by atoms with Crippen molar-refractivity contribution in [3.63, 3.8) is 0 Å². The van der Waals surface area contributed by atoms with E-state index in [9.17, 15) is 0 Å². The fourth-order valence-electron chi connectivity index (χ4n) is 3.53. The number of rotatable bonds is 5. The molecule has 0 aliphatic heterocycles. The SMILES string of the molecule is C[C@@H](O[Si](c1ccccc1)(c1ccccc1)C(C)(C)C)c1ccsc1. The maximum Gasteiger partial charge on any atom is 0.261 e. The highest BCUT2D eigenvalue weighted by Crippen LogP contribution is 2.39. The van der Waals surface area contributed by atoms with Crippen molar-refractivity contribution < 1.29 is 4.43 Å². The minimum absolute atomic E-state index is 0.0139. The van der Waals surface area contributed by atoms with Gasteiger partial charge in [-0.3, -0.25) is 0 Å². The third-order valence-corrected chi connectivity index (χ3v) is 10.6. The van der Waals surface area contributed by atoms with Gasteiger partial charge in [0, 0.05) is 0 Å². The lowest BCUT2D eigenvalue weighted by Crippen LogP contribution is -2.66. The highest BCUT2D eigenvalue weighted by molar-refractivity contribution is 7.08. The summed E-state index contributed by atoms with van der Waals surface area (Å²) in [4.78, 5) is 0. The average molecular weight is 367 g/mol. The first-order chi connectivity index (χ1) is 11.9. The molecule has 0 saturated carbocycles. The normalized spacial score (nSPS) is 13.6. The molecule has 0 amide bonds. The summed E-state index contributed by atoms with van der Waals surface area (Å²) in [6.45, 7) is 9.14. The maximum atomic E-state index is 7.06. The lowest BCUT2D eigenvalue weighted by atomic mass is 10.2. The molecule has 1 atom stereocenters. The lowest BCUT2D eigenvalue weighted by molar-refractivity contribution is 0.211. The predicted molar refractivity (Wildman–Crippen MR) is 111 cm³/mol. The molecular weight excluding hydrogens is 340 g/mol. The molecule has 130 valence electrons. The van der Waals surface area contributed by atoms with Crippen molar-refractivity contribution in [2.75, 3.05) is 0 Å². The van der Waals surface area contributed by atoms with Gasteiger partial charge in [0.25, 0.3) is 8.32 Å². The van der Waals surface area contributed by atoms with Gasteiger partial charge in [-0.2, -0.15) is 11.3 Å². The van der Waals surface area contributed by atoms with E-state index in [-0.39, 0.29) is 11.1 Å². The lowest BCUT2D eigenvalue weighted by Gasteiger charge is -2.44. The Morgan fingerprint density at radius 2 is 1.36 bits per heavy atom. The van der Waals surface area contributed by atoms with Crippen molar-refractivity contribution in [1.82, 2.24) is 0 Å². The summed E-state index contributed by atoms with van der Waals surface area (Å²) >= 11 is 1.73. The second kappa shape index (κ2) is 7.28. The number of thiophene rings is 1. The van der Waals surface area contributed by atoms with Crippen LogP contribution in [0.5, 0.6) is 0 Å². The molecule has 0 aliphatic rings. The molecule has 0 aliphatic carbocycles. The van der Waals surface area contributed by atoms with Crippen molar-refractivity contribution in [3.8, 4) is 0 Å². The van der Waals surface area contributed by atoms with Gasteiger partial charge in [-0.1, -0.05) is 81.4 Å². The highest BCUT2D eigenvalue weighted by atomic mass is 32.1. The molecule has 0 bridgehead atoms. The second-order valence-corrected chi connectivity index (χ2v) is 12.5. The highest BCUT2D eigenvalue weighted by Gasteiger charge is 2.51. The molecule has 25 heavy (non-hydrogen) atoms. The average Bonchev–Trinajstić information content (AvgIpc) is 3.15. The molecule has 0 spiro atoms. The Bertz CT molecular complexity index is 736. The monoisotopic (exact) mass is 366 g/mol. The third kappa shape index (κ3) is 3.50. The smallest absolute Gasteiger partial charge is 0.261 e. The van der Waals surface area contributed by atoms with Gasteiger partial charge < -0.3 is 4.43 Å². The van der Waals surface area contributed by atoms with Crippen LogP contribution >= 0.6 is 11.3 Å². The molecule has 3 rings (SSSR count). The Labute approximate surface area is 156 Å². The van der Waals surface area contributed by atoms with Crippen molar-refractivity contribution in [2.45, 2.75) is 38.8 Å². The summed E-state index contributed by atoms with van der Waals surface area (Å²) in [5.41, 5.74) is 1.26. The van der Waals surface area contributed by atoms with E-state index in [1.807, 2.05) is 0 Å². The summed E-state index contributed by atoms with van der Waals surface area (Å²) < 4.78 is 7.06. The molecule has 3 aromatic rings. The van der Waals surface area contributed by atoms with Crippen molar-refractivity contribution in [3.05, 3.63) is 83.1 Å². The van der Waals surface area contributed by atoms with Gasteiger partial charge in [0.1, 0.15) is 0 Å². The van der Waals surface area contributed by atoms with Crippen LogP contribution in [0.15, 0.2) is 77.5 Å².